The number of halogens is 2. The number of hydrogen-bond donors (Lipinski definition) is 1. The van der Waals surface area contributed by atoms with Crippen LogP contribution in [0.3, 0.4) is 0 Å². The zero-order valence-electron chi connectivity index (χ0n) is 23.3. The largest absolute Gasteiger partial charge is 0.350 e. The van der Waals surface area contributed by atoms with Crippen LogP contribution in [0.25, 0.3) is 0 Å². The highest BCUT2D eigenvalue weighted by Crippen LogP contribution is 2.30. The Morgan fingerprint density at radius 3 is 2.05 bits per heavy atom. The number of hydrogen-bond acceptors (Lipinski definition) is 4. The second-order valence-electron chi connectivity index (χ2n) is 10.6. The molecule has 0 fully saturated rings. The van der Waals surface area contributed by atoms with Crippen molar-refractivity contribution in [3.05, 3.63) is 94.0 Å². The van der Waals surface area contributed by atoms with Gasteiger partial charge in [0.25, 0.3) is 10.0 Å². The van der Waals surface area contributed by atoms with E-state index in [-0.39, 0.29) is 33.1 Å². The van der Waals surface area contributed by atoms with Gasteiger partial charge in [-0.1, -0.05) is 72.6 Å². The molecule has 0 aliphatic rings. The van der Waals surface area contributed by atoms with Gasteiger partial charge in [-0.2, -0.15) is 0 Å². The molecule has 3 aromatic carbocycles. The van der Waals surface area contributed by atoms with E-state index in [0.717, 1.165) is 15.4 Å². The summed E-state index contributed by atoms with van der Waals surface area (Å²) in [5.41, 5.74) is 1.41. The molecule has 10 heteroatoms. The predicted molar refractivity (Wildman–Crippen MR) is 161 cm³/mol. The van der Waals surface area contributed by atoms with Gasteiger partial charge in [-0.25, -0.2) is 8.42 Å². The van der Waals surface area contributed by atoms with Crippen LogP contribution >= 0.6 is 23.2 Å². The van der Waals surface area contributed by atoms with Gasteiger partial charge in [0.2, 0.25) is 11.8 Å². The smallest absolute Gasteiger partial charge is 0.264 e. The molecular weight excluding hydrogens is 569 g/mol. The molecule has 0 aliphatic carbocycles. The molecule has 0 heterocycles. The molecule has 0 aromatic heterocycles. The minimum Gasteiger partial charge on any atom is -0.350 e. The van der Waals surface area contributed by atoms with Gasteiger partial charge in [-0.15, -0.1) is 0 Å². The van der Waals surface area contributed by atoms with E-state index in [1.807, 2.05) is 58.9 Å². The second-order valence-corrected chi connectivity index (χ2v) is 13.3. The fourth-order valence-electron chi connectivity index (χ4n) is 4.28. The lowest BCUT2D eigenvalue weighted by Crippen LogP contribution is -2.55. The number of nitrogens with one attached hydrogen (secondary N) is 1. The molecule has 0 radical (unpaired) electrons. The van der Waals surface area contributed by atoms with Crippen molar-refractivity contribution in [3.8, 4) is 0 Å². The fraction of sp³-hybridized carbons (Fsp3) is 0.333. The molecule has 40 heavy (non-hydrogen) atoms. The third-order valence-electron chi connectivity index (χ3n) is 6.23. The van der Waals surface area contributed by atoms with Crippen molar-refractivity contribution in [1.29, 1.82) is 0 Å². The lowest BCUT2D eigenvalue weighted by atomic mass is 10.0. The van der Waals surface area contributed by atoms with Crippen LogP contribution in [0.15, 0.2) is 77.7 Å². The number of aryl methyl sites for hydroxylation is 1. The van der Waals surface area contributed by atoms with Crippen LogP contribution in [0.5, 0.6) is 0 Å². The molecule has 3 rings (SSSR count). The quantitative estimate of drug-likeness (QED) is 0.298. The van der Waals surface area contributed by atoms with E-state index >= 15 is 0 Å². The van der Waals surface area contributed by atoms with E-state index in [4.69, 9.17) is 23.2 Å². The summed E-state index contributed by atoms with van der Waals surface area (Å²) >= 11 is 12.5. The van der Waals surface area contributed by atoms with Crippen molar-refractivity contribution in [2.45, 2.75) is 64.1 Å². The third-order valence-corrected chi connectivity index (χ3v) is 8.46. The topological polar surface area (TPSA) is 86.8 Å². The van der Waals surface area contributed by atoms with E-state index in [1.54, 1.807) is 18.2 Å². The standard InChI is InChI=1S/C30H35Cl2N3O4S/c1-6-27(29(37)33-30(3,4)5)34(19-22-13-11-10-12-21(22)2)28(36)20-35(25-17-23(31)16-24(32)18-25)40(38,39)26-14-8-7-9-15-26/h7-18,27H,6,19-20H2,1-5H3,(H,33,37)/t27-/m0/s1. The number of rotatable bonds is 10. The average molecular weight is 605 g/mol. The maximum Gasteiger partial charge on any atom is 0.264 e. The van der Waals surface area contributed by atoms with Crippen LogP contribution in [-0.2, 0) is 26.2 Å². The minimum atomic E-state index is -4.21. The lowest BCUT2D eigenvalue weighted by molar-refractivity contribution is -0.141. The van der Waals surface area contributed by atoms with Crippen molar-refractivity contribution in [1.82, 2.24) is 10.2 Å². The molecule has 0 spiro atoms. The van der Waals surface area contributed by atoms with Crippen LogP contribution in [0, 0.1) is 6.92 Å². The number of nitrogens with zero attached hydrogens (tertiary/aromatic N) is 2. The monoisotopic (exact) mass is 603 g/mol. The summed E-state index contributed by atoms with van der Waals surface area (Å²) in [7, 11) is -4.21. The second kappa shape index (κ2) is 13.1. The number of benzene rings is 3. The molecule has 0 aliphatic heterocycles. The fourth-order valence-corrected chi connectivity index (χ4v) is 6.21. The van der Waals surface area contributed by atoms with E-state index in [0.29, 0.717) is 6.42 Å². The molecule has 214 valence electrons. The molecule has 0 saturated carbocycles. The van der Waals surface area contributed by atoms with E-state index in [1.165, 1.54) is 35.2 Å². The van der Waals surface area contributed by atoms with E-state index in [9.17, 15) is 18.0 Å². The van der Waals surface area contributed by atoms with Crippen molar-refractivity contribution in [2.24, 2.45) is 0 Å². The number of anilines is 1. The molecule has 3 aromatic rings. The minimum absolute atomic E-state index is 0.00173. The highest BCUT2D eigenvalue weighted by atomic mass is 35.5. The van der Waals surface area contributed by atoms with Crippen LogP contribution in [-0.4, -0.2) is 43.3 Å². The Hall–Kier alpha value is -3.07. The lowest BCUT2D eigenvalue weighted by Gasteiger charge is -2.35. The Morgan fingerprint density at radius 1 is 0.925 bits per heavy atom. The Morgan fingerprint density at radius 2 is 1.50 bits per heavy atom. The third kappa shape index (κ3) is 7.99. The number of carbonyl (C=O) groups is 2. The molecule has 1 atom stereocenters. The molecule has 0 unspecified atom stereocenters. The first-order chi connectivity index (χ1) is 18.7. The zero-order valence-corrected chi connectivity index (χ0v) is 25.6. The van der Waals surface area contributed by atoms with Gasteiger partial charge in [-0.05, 0) is 75.6 Å². The summed E-state index contributed by atoms with van der Waals surface area (Å²) in [5, 5.41) is 3.40. The van der Waals surface area contributed by atoms with Gasteiger partial charge >= 0.3 is 0 Å². The highest BCUT2D eigenvalue weighted by molar-refractivity contribution is 7.92. The first kappa shape index (κ1) is 31.5. The number of carbonyl (C=O) groups excluding carboxylic acids is 2. The summed E-state index contributed by atoms with van der Waals surface area (Å²) in [4.78, 5) is 29.0. The first-order valence-corrected chi connectivity index (χ1v) is 15.1. The Labute approximate surface area is 247 Å². The molecule has 1 N–H and O–H groups in total. The SMILES string of the molecule is CC[C@@H](C(=O)NC(C)(C)C)N(Cc1ccccc1C)C(=O)CN(c1cc(Cl)cc(Cl)c1)S(=O)(=O)c1ccccc1. The highest BCUT2D eigenvalue weighted by Gasteiger charge is 2.35. The van der Waals surface area contributed by atoms with Crippen LogP contribution < -0.4 is 9.62 Å². The van der Waals surface area contributed by atoms with Gasteiger partial charge in [0.05, 0.1) is 10.6 Å². The van der Waals surface area contributed by atoms with E-state index < -0.39 is 34.1 Å². The summed E-state index contributed by atoms with van der Waals surface area (Å²) in [5.74, 6) is -0.866. The van der Waals surface area contributed by atoms with Crippen LogP contribution in [0.2, 0.25) is 10.0 Å². The maximum absolute atomic E-state index is 14.1. The van der Waals surface area contributed by atoms with Crippen molar-refractivity contribution < 1.29 is 18.0 Å². The molecule has 7 nitrogen and oxygen atoms in total. The summed E-state index contributed by atoms with van der Waals surface area (Å²) in [6, 6.07) is 18.9. The van der Waals surface area contributed by atoms with E-state index in [2.05, 4.69) is 5.32 Å². The van der Waals surface area contributed by atoms with Gasteiger partial charge in [0.1, 0.15) is 12.6 Å². The summed E-state index contributed by atoms with van der Waals surface area (Å²) in [6.45, 7) is 8.89. The maximum atomic E-state index is 14.1. The Bertz CT molecular complexity index is 1440. The molecule has 0 bridgehead atoms. The molecular formula is C30H35Cl2N3O4S. The summed E-state index contributed by atoms with van der Waals surface area (Å²) in [6.07, 6.45) is 0.327. The van der Waals surface area contributed by atoms with Crippen molar-refractivity contribution >= 4 is 50.7 Å². The van der Waals surface area contributed by atoms with Crippen LogP contribution in [0.1, 0.15) is 45.2 Å². The zero-order chi connectivity index (χ0) is 29.7. The average Bonchev–Trinajstić information content (AvgIpc) is 2.87. The van der Waals surface area contributed by atoms with Crippen LogP contribution in [0.4, 0.5) is 5.69 Å². The van der Waals surface area contributed by atoms with Gasteiger partial charge < -0.3 is 10.2 Å². The van der Waals surface area contributed by atoms with Gasteiger partial charge in [-0.3, -0.25) is 13.9 Å². The molecule has 2 amide bonds. The normalized spacial score (nSPS) is 12.5. The Kier molecular flexibility index (Phi) is 10.3. The Balaban J connectivity index is 2.11. The number of sulfonamides is 1. The molecule has 0 saturated heterocycles. The van der Waals surface area contributed by atoms with Crippen molar-refractivity contribution in [2.75, 3.05) is 10.8 Å². The predicted octanol–water partition coefficient (Wildman–Crippen LogP) is 6.22. The van der Waals surface area contributed by atoms with Gasteiger partial charge in [0.15, 0.2) is 0 Å². The number of amides is 2. The first-order valence-electron chi connectivity index (χ1n) is 12.9. The van der Waals surface area contributed by atoms with Gasteiger partial charge in [0, 0.05) is 22.1 Å². The van der Waals surface area contributed by atoms with Crippen molar-refractivity contribution in [3.63, 3.8) is 0 Å². The summed E-state index contributed by atoms with van der Waals surface area (Å²) < 4.78 is 28.7.